The van der Waals surface area contributed by atoms with Crippen molar-refractivity contribution >= 4 is 0 Å². The van der Waals surface area contributed by atoms with Crippen LogP contribution in [0.25, 0.3) is 0 Å². The van der Waals surface area contributed by atoms with Crippen molar-refractivity contribution in [1.82, 2.24) is 0 Å². The normalized spacial score (nSPS) is 9.92. The van der Waals surface area contributed by atoms with Gasteiger partial charge in [-0.05, 0) is 25.0 Å². The van der Waals surface area contributed by atoms with Crippen molar-refractivity contribution in [3.8, 4) is 11.5 Å². The third-order valence-corrected chi connectivity index (χ3v) is 2.18. The largest absolute Gasteiger partial charge is 0.496 e. The molecule has 1 rings (SSSR count). The molecule has 0 aliphatic carbocycles. The molecule has 2 nitrogen and oxygen atoms in total. The van der Waals surface area contributed by atoms with Crippen LogP contribution in [-0.4, -0.2) is 14.2 Å². The SMILES string of the molecule is COc1cc(OC)c(F)c(C)c1C. The molecular weight excluding hydrogens is 171 g/mol. The van der Waals surface area contributed by atoms with Gasteiger partial charge in [-0.2, -0.15) is 0 Å². The van der Waals surface area contributed by atoms with E-state index in [-0.39, 0.29) is 11.6 Å². The topological polar surface area (TPSA) is 18.5 Å². The van der Waals surface area contributed by atoms with Crippen molar-refractivity contribution in [1.29, 1.82) is 0 Å². The van der Waals surface area contributed by atoms with Crippen LogP contribution in [0.1, 0.15) is 11.1 Å². The van der Waals surface area contributed by atoms with Gasteiger partial charge in [0.1, 0.15) is 5.75 Å². The second kappa shape index (κ2) is 3.64. The Bertz CT molecular complexity index is 293. The van der Waals surface area contributed by atoms with Crippen molar-refractivity contribution in [3.63, 3.8) is 0 Å². The molecule has 0 bridgehead atoms. The maximum atomic E-state index is 13.4. The van der Waals surface area contributed by atoms with Crippen LogP contribution in [0.15, 0.2) is 6.07 Å². The molecule has 0 unspecified atom stereocenters. The Morgan fingerprint density at radius 3 is 2.00 bits per heavy atom. The summed E-state index contributed by atoms with van der Waals surface area (Å²) in [7, 11) is 2.99. The highest BCUT2D eigenvalue weighted by Gasteiger charge is 2.12. The Morgan fingerprint density at radius 2 is 1.54 bits per heavy atom. The second-order valence-electron chi connectivity index (χ2n) is 2.85. The van der Waals surface area contributed by atoms with Crippen LogP contribution in [0.3, 0.4) is 0 Å². The van der Waals surface area contributed by atoms with Crippen LogP contribution in [0, 0.1) is 19.7 Å². The highest BCUT2D eigenvalue weighted by molar-refractivity contribution is 5.46. The average Bonchev–Trinajstić information content (AvgIpc) is 2.15. The zero-order valence-corrected chi connectivity index (χ0v) is 8.27. The van der Waals surface area contributed by atoms with E-state index >= 15 is 0 Å². The molecule has 0 N–H and O–H groups in total. The molecule has 0 atom stereocenters. The molecule has 0 amide bonds. The summed E-state index contributed by atoms with van der Waals surface area (Å²) in [5.41, 5.74) is 1.37. The third-order valence-electron chi connectivity index (χ3n) is 2.18. The Morgan fingerprint density at radius 1 is 1.00 bits per heavy atom. The summed E-state index contributed by atoms with van der Waals surface area (Å²) in [4.78, 5) is 0. The van der Waals surface area contributed by atoms with Gasteiger partial charge in [0.25, 0.3) is 0 Å². The van der Waals surface area contributed by atoms with Gasteiger partial charge in [0.2, 0.25) is 0 Å². The number of hydrogen-bond donors (Lipinski definition) is 0. The molecule has 0 fully saturated rings. The summed E-state index contributed by atoms with van der Waals surface area (Å²) in [6.45, 7) is 3.52. The molecule has 0 aliphatic heterocycles. The van der Waals surface area contributed by atoms with Gasteiger partial charge < -0.3 is 9.47 Å². The average molecular weight is 184 g/mol. The molecule has 0 aromatic heterocycles. The summed E-state index contributed by atoms with van der Waals surface area (Å²) < 4.78 is 23.3. The minimum absolute atomic E-state index is 0.222. The summed E-state index contributed by atoms with van der Waals surface area (Å²) in [5, 5.41) is 0. The molecule has 0 spiro atoms. The molecule has 13 heavy (non-hydrogen) atoms. The smallest absolute Gasteiger partial charge is 0.168 e. The van der Waals surface area contributed by atoms with Crippen LogP contribution in [-0.2, 0) is 0 Å². The van der Waals surface area contributed by atoms with E-state index in [1.807, 2.05) is 6.92 Å². The highest BCUT2D eigenvalue weighted by Crippen LogP contribution is 2.30. The maximum absolute atomic E-state index is 13.4. The second-order valence-corrected chi connectivity index (χ2v) is 2.85. The zero-order chi connectivity index (χ0) is 10.0. The van der Waals surface area contributed by atoms with Crippen LogP contribution in [0.5, 0.6) is 11.5 Å². The first kappa shape index (κ1) is 9.84. The van der Waals surface area contributed by atoms with Crippen molar-refractivity contribution in [2.24, 2.45) is 0 Å². The quantitative estimate of drug-likeness (QED) is 0.702. The minimum Gasteiger partial charge on any atom is -0.496 e. The highest BCUT2D eigenvalue weighted by atomic mass is 19.1. The Labute approximate surface area is 77.3 Å². The van der Waals surface area contributed by atoms with E-state index in [9.17, 15) is 4.39 Å². The minimum atomic E-state index is -0.319. The van der Waals surface area contributed by atoms with Gasteiger partial charge >= 0.3 is 0 Å². The Hall–Kier alpha value is -1.25. The van der Waals surface area contributed by atoms with E-state index in [0.29, 0.717) is 11.3 Å². The molecule has 0 saturated carbocycles. The number of ether oxygens (including phenoxy) is 2. The number of hydrogen-bond acceptors (Lipinski definition) is 2. The molecule has 1 aromatic carbocycles. The number of methoxy groups -OCH3 is 2. The number of halogens is 1. The number of rotatable bonds is 2. The lowest BCUT2D eigenvalue weighted by Gasteiger charge is -2.11. The van der Waals surface area contributed by atoms with Crippen molar-refractivity contribution < 1.29 is 13.9 Å². The lowest BCUT2D eigenvalue weighted by Crippen LogP contribution is -1.97. The van der Waals surface area contributed by atoms with Crippen LogP contribution < -0.4 is 9.47 Å². The van der Waals surface area contributed by atoms with Gasteiger partial charge in [-0.15, -0.1) is 0 Å². The molecule has 1 aromatic rings. The van der Waals surface area contributed by atoms with Gasteiger partial charge in [-0.3, -0.25) is 0 Å². The number of benzene rings is 1. The van der Waals surface area contributed by atoms with Crippen molar-refractivity contribution in [3.05, 3.63) is 23.0 Å². The van der Waals surface area contributed by atoms with Crippen molar-refractivity contribution in [2.75, 3.05) is 14.2 Å². The lowest BCUT2D eigenvalue weighted by atomic mass is 10.1. The van der Waals surface area contributed by atoms with E-state index in [2.05, 4.69) is 0 Å². The van der Waals surface area contributed by atoms with Crippen LogP contribution in [0.4, 0.5) is 4.39 Å². The predicted octanol–water partition coefficient (Wildman–Crippen LogP) is 2.46. The molecule has 3 heteroatoms. The summed E-state index contributed by atoms with van der Waals surface area (Å²) in [6, 6.07) is 1.55. The van der Waals surface area contributed by atoms with E-state index in [0.717, 1.165) is 5.56 Å². The summed E-state index contributed by atoms with van der Waals surface area (Å²) in [5.74, 6) is 0.552. The van der Waals surface area contributed by atoms with Gasteiger partial charge in [0.05, 0.1) is 14.2 Å². The van der Waals surface area contributed by atoms with Crippen LogP contribution in [0.2, 0.25) is 0 Å². The molecule has 0 aliphatic rings. The first-order valence-electron chi connectivity index (χ1n) is 3.99. The van der Waals surface area contributed by atoms with E-state index < -0.39 is 0 Å². The molecular formula is C10H13FO2. The van der Waals surface area contributed by atoms with E-state index in [1.165, 1.54) is 7.11 Å². The summed E-state index contributed by atoms with van der Waals surface area (Å²) >= 11 is 0. The molecule has 72 valence electrons. The van der Waals surface area contributed by atoms with Gasteiger partial charge in [0, 0.05) is 6.07 Å². The first-order valence-corrected chi connectivity index (χ1v) is 3.99. The fraction of sp³-hybridized carbons (Fsp3) is 0.400. The van der Waals surface area contributed by atoms with Gasteiger partial charge in [-0.1, -0.05) is 0 Å². The molecule has 0 radical (unpaired) electrons. The predicted molar refractivity (Wildman–Crippen MR) is 49.0 cm³/mol. The Balaban J connectivity index is 3.36. The maximum Gasteiger partial charge on any atom is 0.168 e. The van der Waals surface area contributed by atoms with Crippen LogP contribution >= 0.6 is 0 Å². The Kier molecular flexibility index (Phi) is 2.76. The molecule has 0 saturated heterocycles. The fourth-order valence-corrected chi connectivity index (χ4v) is 1.19. The third kappa shape index (κ3) is 1.59. The van der Waals surface area contributed by atoms with E-state index in [4.69, 9.17) is 9.47 Å². The summed E-state index contributed by atoms with van der Waals surface area (Å²) in [6.07, 6.45) is 0. The standard InChI is InChI=1S/C10H13FO2/c1-6-7(2)10(11)9(13-4)5-8(6)12-3/h5H,1-4H3. The first-order chi connectivity index (χ1) is 6.11. The monoisotopic (exact) mass is 184 g/mol. The zero-order valence-electron chi connectivity index (χ0n) is 8.27. The van der Waals surface area contributed by atoms with Gasteiger partial charge in [-0.25, -0.2) is 4.39 Å². The van der Waals surface area contributed by atoms with Crippen molar-refractivity contribution in [2.45, 2.75) is 13.8 Å². The van der Waals surface area contributed by atoms with E-state index in [1.54, 1.807) is 20.1 Å². The lowest BCUT2D eigenvalue weighted by molar-refractivity contribution is 0.370. The molecule has 0 heterocycles. The van der Waals surface area contributed by atoms with Gasteiger partial charge in [0.15, 0.2) is 11.6 Å². The fourth-order valence-electron chi connectivity index (χ4n) is 1.19.